The van der Waals surface area contributed by atoms with Gasteiger partial charge in [-0.3, -0.25) is 29.0 Å². The van der Waals surface area contributed by atoms with E-state index in [-0.39, 0.29) is 45.1 Å². The van der Waals surface area contributed by atoms with E-state index in [1.807, 2.05) is 13.8 Å². The predicted molar refractivity (Wildman–Crippen MR) is 119 cm³/mol. The summed E-state index contributed by atoms with van der Waals surface area (Å²) in [7, 11) is -4.10. The molecule has 4 amide bonds. The van der Waals surface area contributed by atoms with E-state index >= 15 is 0 Å². The van der Waals surface area contributed by atoms with Crippen LogP contribution in [0.1, 0.15) is 81.0 Å². The first-order chi connectivity index (χ1) is 15.7. The highest BCUT2D eigenvalue weighted by Gasteiger charge is 2.38. The third-order valence-corrected chi connectivity index (χ3v) is 7.72. The number of carbonyl (C=O) groups excluding carboxylic acids is 4. The minimum atomic E-state index is -4.10. The van der Waals surface area contributed by atoms with Crippen LogP contribution in [0, 0.1) is 0 Å². The second-order valence-corrected chi connectivity index (χ2v) is 10.1. The summed E-state index contributed by atoms with van der Waals surface area (Å²) < 4.78 is 26.6. The Morgan fingerprint density at radius 2 is 0.970 bits per heavy atom. The van der Waals surface area contributed by atoms with Gasteiger partial charge in [-0.2, -0.15) is 0 Å². The van der Waals surface area contributed by atoms with E-state index in [2.05, 4.69) is 0 Å². The number of benzene rings is 2. The van der Waals surface area contributed by atoms with Gasteiger partial charge >= 0.3 is 0 Å². The maximum Gasteiger partial charge on any atom is 0.261 e. The molecule has 0 spiro atoms. The molecule has 9 heteroatoms. The van der Waals surface area contributed by atoms with Crippen LogP contribution in [0.3, 0.4) is 0 Å². The number of hydrogen-bond donors (Lipinski definition) is 0. The maximum atomic E-state index is 13.3. The van der Waals surface area contributed by atoms with Crippen molar-refractivity contribution in [1.82, 2.24) is 9.80 Å². The lowest BCUT2D eigenvalue weighted by Crippen LogP contribution is -2.30. The van der Waals surface area contributed by atoms with Crippen molar-refractivity contribution in [2.75, 3.05) is 13.1 Å². The van der Waals surface area contributed by atoms with Gasteiger partial charge in [-0.1, -0.05) is 26.7 Å². The van der Waals surface area contributed by atoms with E-state index in [1.54, 1.807) is 0 Å². The summed E-state index contributed by atoms with van der Waals surface area (Å²) in [5, 5.41) is 0. The average Bonchev–Trinajstić information content (AvgIpc) is 3.20. The molecule has 0 atom stereocenters. The molecule has 0 radical (unpaired) electrons. The number of carbonyl (C=O) groups is 4. The lowest BCUT2D eigenvalue weighted by atomic mass is 10.1. The molecule has 2 aromatic carbocycles. The number of hydrogen-bond acceptors (Lipinski definition) is 6. The van der Waals surface area contributed by atoms with Crippen LogP contribution in [0.4, 0.5) is 0 Å². The van der Waals surface area contributed by atoms with Crippen molar-refractivity contribution >= 4 is 33.5 Å². The minimum absolute atomic E-state index is 0.0512. The molecule has 8 nitrogen and oxygen atoms in total. The molecule has 0 saturated carbocycles. The van der Waals surface area contributed by atoms with E-state index in [0.717, 1.165) is 22.6 Å². The highest BCUT2D eigenvalue weighted by atomic mass is 32.2. The number of sulfone groups is 1. The Bertz CT molecular complexity index is 1200. The molecular weight excluding hydrogens is 444 g/mol. The van der Waals surface area contributed by atoms with E-state index in [1.165, 1.54) is 36.4 Å². The Kier molecular flexibility index (Phi) is 5.92. The zero-order valence-corrected chi connectivity index (χ0v) is 19.3. The molecule has 172 valence electrons. The van der Waals surface area contributed by atoms with Gasteiger partial charge in [-0.05, 0) is 49.2 Å². The van der Waals surface area contributed by atoms with Gasteiger partial charge in [-0.25, -0.2) is 8.42 Å². The highest BCUT2D eigenvalue weighted by molar-refractivity contribution is 7.91. The molecule has 0 unspecified atom stereocenters. The molecule has 0 N–H and O–H groups in total. The number of amides is 4. The Labute approximate surface area is 192 Å². The van der Waals surface area contributed by atoms with Crippen molar-refractivity contribution in [2.45, 2.75) is 49.3 Å². The number of imide groups is 2. The molecule has 0 fully saturated rings. The van der Waals surface area contributed by atoms with Crippen molar-refractivity contribution in [3.05, 3.63) is 58.7 Å². The first-order valence-electron chi connectivity index (χ1n) is 11.0. The lowest BCUT2D eigenvalue weighted by molar-refractivity contribution is 0.0636. The molecular formula is C24H24N2O6S. The molecule has 2 aliphatic rings. The average molecular weight is 469 g/mol. The summed E-state index contributed by atoms with van der Waals surface area (Å²) in [5.74, 6) is -1.88. The van der Waals surface area contributed by atoms with Crippen LogP contribution in [0.2, 0.25) is 0 Å². The molecule has 0 aromatic heterocycles. The standard InChI is InChI=1S/C24H24N2O6S/c1-3-5-11-25-21(27)17-9-7-15(13-19(17)23(25)29)33(31,32)16-8-10-18-20(14-16)24(30)26(22(18)28)12-6-4-2/h7-10,13-14H,3-6,11-12H2,1-2H3. The third kappa shape index (κ3) is 3.66. The summed E-state index contributed by atoms with van der Waals surface area (Å²) in [5.41, 5.74) is 0.457. The van der Waals surface area contributed by atoms with Crippen LogP contribution in [0.15, 0.2) is 46.2 Å². The van der Waals surface area contributed by atoms with Gasteiger partial charge in [-0.15, -0.1) is 0 Å². The van der Waals surface area contributed by atoms with Gasteiger partial charge < -0.3 is 0 Å². The van der Waals surface area contributed by atoms with Crippen LogP contribution in [0.25, 0.3) is 0 Å². The molecule has 4 rings (SSSR count). The van der Waals surface area contributed by atoms with Gasteiger partial charge in [0.15, 0.2) is 0 Å². The first kappa shape index (κ1) is 22.8. The van der Waals surface area contributed by atoms with Gasteiger partial charge in [0.1, 0.15) is 0 Å². The zero-order chi connectivity index (χ0) is 23.9. The van der Waals surface area contributed by atoms with Gasteiger partial charge in [0.05, 0.1) is 32.0 Å². The van der Waals surface area contributed by atoms with Crippen molar-refractivity contribution in [3.63, 3.8) is 0 Å². The minimum Gasteiger partial charge on any atom is -0.274 e. The second kappa shape index (κ2) is 8.55. The first-order valence-corrected chi connectivity index (χ1v) is 12.5. The molecule has 0 bridgehead atoms. The van der Waals surface area contributed by atoms with Gasteiger partial charge in [0.25, 0.3) is 23.6 Å². The number of rotatable bonds is 8. The van der Waals surface area contributed by atoms with Crippen molar-refractivity contribution in [1.29, 1.82) is 0 Å². The fourth-order valence-corrected chi connectivity index (χ4v) is 5.36. The third-order valence-electron chi connectivity index (χ3n) is 5.98. The molecule has 2 aliphatic heterocycles. The second-order valence-electron chi connectivity index (χ2n) is 8.15. The number of nitrogens with zero attached hydrogens (tertiary/aromatic N) is 2. The summed E-state index contributed by atoms with van der Waals surface area (Å²) in [4.78, 5) is 52.4. The smallest absolute Gasteiger partial charge is 0.261 e. The molecule has 2 aromatic rings. The van der Waals surface area contributed by atoms with Crippen LogP contribution in [0.5, 0.6) is 0 Å². The van der Waals surface area contributed by atoms with Gasteiger partial charge in [0, 0.05) is 13.1 Å². The van der Waals surface area contributed by atoms with Crippen LogP contribution in [-0.4, -0.2) is 54.9 Å². The SMILES string of the molecule is CCCCN1C(=O)c2ccc(S(=O)(=O)c3ccc4c(c3)C(=O)N(CCCC)C4=O)cc2C1=O. The zero-order valence-electron chi connectivity index (χ0n) is 18.5. The Balaban J connectivity index is 1.68. The Morgan fingerprint density at radius 1 is 0.606 bits per heavy atom. The van der Waals surface area contributed by atoms with E-state index < -0.39 is 33.5 Å². The monoisotopic (exact) mass is 468 g/mol. The molecule has 0 saturated heterocycles. The number of fused-ring (bicyclic) bond motifs is 2. The van der Waals surface area contributed by atoms with Crippen LogP contribution < -0.4 is 0 Å². The maximum absolute atomic E-state index is 13.3. The highest BCUT2D eigenvalue weighted by Crippen LogP contribution is 2.31. The van der Waals surface area contributed by atoms with E-state index in [0.29, 0.717) is 12.8 Å². The quantitative estimate of drug-likeness (QED) is 0.550. The lowest BCUT2D eigenvalue weighted by Gasteiger charge is -2.12. The normalized spacial score (nSPS) is 15.5. The van der Waals surface area contributed by atoms with Crippen molar-refractivity contribution < 1.29 is 27.6 Å². The van der Waals surface area contributed by atoms with Crippen LogP contribution in [-0.2, 0) is 9.84 Å². The fourth-order valence-electron chi connectivity index (χ4n) is 4.05. The summed E-state index contributed by atoms with van der Waals surface area (Å²) in [6, 6.07) is 7.70. The molecule has 33 heavy (non-hydrogen) atoms. The summed E-state index contributed by atoms with van der Waals surface area (Å²) in [6.45, 7) is 4.45. The van der Waals surface area contributed by atoms with E-state index in [9.17, 15) is 27.6 Å². The number of unbranched alkanes of at least 4 members (excludes halogenated alkanes) is 2. The van der Waals surface area contributed by atoms with Crippen LogP contribution >= 0.6 is 0 Å². The molecule has 2 heterocycles. The van der Waals surface area contributed by atoms with Crippen molar-refractivity contribution in [2.24, 2.45) is 0 Å². The fraction of sp³-hybridized carbons (Fsp3) is 0.333. The Hall–Kier alpha value is -3.33. The van der Waals surface area contributed by atoms with Gasteiger partial charge in [0.2, 0.25) is 9.84 Å². The van der Waals surface area contributed by atoms with Crippen molar-refractivity contribution in [3.8, 4) is 0 Å². The Morgan fingerprint density at radius 3 is 1.33 bits per heavy atom. The molecule has 0 aliphatic carbocycles. The summed E-state index contributed by atoms with van der Waals surface area (Å²) in [6.07, 6.45) is 2.94. The van der Waals surface area contributed by atoms with E-state index in [4.69, 9.17) is 0 Å². The topological polar surface area (TPSA) is 109 Å². The predicted octanol–water partition coefficient (Wildman–Crippen LogP) is 3.31. The summed E-state index contributed by atoms with van der Waals surface area (Å²) >= 11 is 0. The largest absolute Gasteiger partial charge is 0.274 e.